The number of hydrogen-bond donors (Lipinski definition) is 0. The first-order chi connectivity index (χ1) is 44.0. The van der Waals surface area contributed by atoms with Crippen molar-refractivity contribution < 1.29 is 0 Å². The number of fused-ring (bicyclic) bond motifs is 6. The first kappa shape index (κ1) is 53.9. The number of rotatable bonds is 13. The Kier molecular flexibility index (Phi) is 13.9. The van der Waals surface area contributed by atoms with Gasteiger partial charge in [0.15, 0.2) is 0 Å². The summed E-state index contributed by atoms with van der Waals surface area (Å²) in [7, 11) is 0. The Morgan fingerprint density at radius 2 is 0.562 bits per heavy atom. The molecular weight excluding hydrogens is 1210 g/mol. The molecule has 0 radical (unpaired) electrons. The van der Waals surface area contributed by atoms with Gasteiger partial charge in [-0.15, -0.1) is 0 Å². The zero-order chi connectivity index (χ0) is 59.4. The zero-order valence-electron chi connectivity index (χ0n) is 48.4. The lowest BCUT2D eigenvalue weighted by molar-refractivity contribution is 1.25. The Morgan fingerprint density at radius 1 is 0.213 bits per heavy atom. The lowest BCUT2D eigenvalue weighted by Crippen LogP contribution is -2.16. The van der Waals surface area contributed by atoms with Crippen LogP contribution in [0.25, 0.3) is 116 Å². The molecule has 0 bridgehead atoms. The van der Waals surface area contributed by atoms with Gasteiger partial charge in [-0.25, -0.2) is 0 Å². The molecule has 420 valence electrons. The van der Waals surface area contributed by atoms with Crippen molar-refractivity contribution in [2.45, 2.75) is 0 Å². The van der Waals surface area contributed by atoms with Crippen molar-refractivity contribution in [1.29, 1.82) is 0 Å². The van der Waals surface area contributed by atoms with Crippen molar-refractivity contribution in [3.63, 3.8) is 0 Å². The second-order valence-electron chi connectivity index (χ2n) is 22.7. The van der Waals surface area contributed by atoms with Crippen LogP contribution in [0.1, 0.15) is 0 Å². The molecule has 0 aliphatic heterocycles. The molecule has 0 saturated heterocycles. The molecule has 0 amide bonds. The van der Waals surface area contributed by atoms with Gasteiger partial charge >= 0.3 is 0 Å². The average Bonchev–Trinajstić information content (AvgIpc) is 1.59. The van der Waals surface area contributed by atoms with Crippen molar-refractivity contribution in [2.24, 2.45) is 0 Å². The fourth-order valence-corrected chi connectivity index (χ4v) is 14.1. The zero-order valence-corrected chi connectivity index (χ0v) is 51.5. The molecule has 3 nitrogen and oxygen atoms in total. The van der Waals surface area contributed by atoms with Crippen LogP contribution in [-0.2, 0) is 0 Å². The van der Waals surface area contributed by atoms with E-state index in [-0.39, 0.29) is 0 Å². The van der Waals surface area contributed by atoms with E-state index in [1.54, 1.807) is 0 Å². The van der Waals surface area contributed by atoms with Crippen LogP contribution in [0.2, 0.25) is 0 Å². The van der Waals surface area contributed by atoms with E-state index in [2.05, 4.69) is 380 Å². The Morgan fingerprint density at radius 3 is 0.989 bits per heavy atom. The number of para-hydroxylation sites is 2. The second-order valence-corrected chi connectivity index (χ2v) is 24.5. The van der Waals surface area contributed by atoms with Gasteiger partial charge in [-0.2, -0.15) is 0 Å². The summed E-state index contributed by atoms with van der Waals surface area (Å²) in [5.74, 6) is 0. The highest BCUT2D eigenvalue weighted by molar-refractivity contribution is 9.10. The first-order valence-corrected chi connectivity index (χ1v) is 31.7. The summed E-state index contributed by atoms with van der Waals surface area (Å²) >= 11 is 8.02. The molecule has 0 atom stereocenters. The maximum atomic E-state index is 4.01. The highest BCUT2D eigenvalue weighted by Crippen LogP contribution is 2.54. The highest BCUT2D eigenvalue weighted by Gasteiger charge is 2.29. The fraction of sp³-hybridized carbons (Fsp3) is 0. The van der Waals surface area contributed by atoms with Crippen LogP contribution in [0, 0.1) is 0 Å². The average molecular weight is 1270 g/mol. The first-order valence-electron chi connectivity index (χ1n) is 30.1. The van der Waals surface area contributed by atoms with Gasteiger partial charge in [0.05, 0.1) is 27.9 Å². The summed E-state index contributed by atoms with van der Waals surface area (Å²) < 4.78 is 4.41. The number of halogens is 2. The van der Waals surface area contributed by atoms with Gasteiger partial charge in [-0.1, -0.05) is 268 Å². The minimum Gasteiger partial charge on any atom is -0.309 e. The summed E-state index contributed by atoms with van der Waals surface area (Å²) in [6.45, 7) is 0. The third kappa shape index (κ3) is 9.86. The molecule has 0 aliphatic rings. The van der Waals surface area contributed by atoms with E-state index in [4.69, 9.17) is 0 Å². The minimum absolute atomic E-state index is 0.971. The second kappa shape index (κ2) is 22.9. The third-order valence-corrected chi connectivity index (χ3v) is 18.3. The fourth-order valence-electron chi connectivity index (χ4n) is 13.4. The maximum absolute atomic E-state index is 4.01. The number of nitrogens with zero attached hydrogens (tertiary/aromatic N) is 3. The van der Waals surface area contributed by atoms with Gasteiger partial charge in [0.25, 0.3) is 0 Å². The Hall–Kier alpha value is -10.6. The van der Waals surface area contributed by atoms with E-state index >= 15 is 0 Å². The summed E-state index contributed by atoms with van der Waals surface area (Å²) in [5, 5.41) is 4.96. The molecule has 14 aromatic carbocycles. The smallest absolute Gasteiger partial charge is 0.0620 e. The molecule has 5 heteroatoms. The van der Waals surface area contributed by atoms with E-state index in [9.17, 15) is 0 Å². The van der Waals surface area contributed by atoms with E-state index in [1.807, 2.05) is 0 Å². The quantitative estimate of drug-likeness (QED) is 0.114. The lowest BCUT2D eigenvalue weighted by Gasteiger charge is -2.34. The van der Waals surface area contributed by atoms with Crippen LogP contribution in [0.4, 0.5) is 34.1 Å². The van der Waals surface area contributed by atoms with Crippen LogP contribution in [0.15, 0.2) is 343 Å². The van der Waals surface area contributed by atoms with Crippen LogP contribution in [0.3, 0.4) is 0 Å². The number of aromatic nitrogens is 1. The van der Waals surface area contributed by atoms with Crippen molar-refractivity contribution >= 4 is 104 Å². The van der Waals surface area contributed by atoms with Gasteiger partial charge in [-0.05, 0) is 153 Å². The molecule has 0 saturated carbocycles. The topological polar surface area (TPSA) is 10.9 Å². The molecule has 0 fully saturated rings. The number of hydrogen-bond acceptors (Lipinski definition) is 2. The number of benzene rings is 14. The van der Waals surface area contributed by atoms with Crippen LogP contribution >= 0.6 is 31.9 Å². The van der Waals surface area contributed by atoms with E-state index < -0.39 is 0 Å². The monoisotopic (exact) mass is 1260 g/mol. The van der Waals surface area contributed by atoms with Crippen LogP contribution in [-0.4, -0.2) is 4.40 Å². The van der Waals surface area contributed by atoms with Gasteiger partial charge in [-0.3, -0.25) is 0 Å². The third-order valence-electron chi connectivity index (χ3n) is 17.3. The van der Waals surface area contributed by atoms with Crippen molar-refractivity contribution in [3.8, 4) is 77.9 Å². The van der Waals surface area contributed by atoms with Gasteiger partial charge in [0, 0.05) is 75.5 Å². The molecule has 16 aromatic rings. The Labute approximate surface area is 534 Å². The van der Waals surface area contributed by atoms with Crippen molar-refractivity contribution in [3.05, 3.63) is 343 Å². The number of anilines is 6. The van der Waals surface area contributed by atoms with Crippen molar-refractivity contribution in [1.82, 2.24) is 4.40 Å². The molecule has 16 rings (SSSR count). The molecule has 2 heterocycles. The van der Waals surface area contributed by atoms with E-state index in [0.29, 0.717) is 0 Å². The molecule has 0 unspecified atom stereocenters. The molecule has 2 aromatic heterocycles. The standard InChI is InChI=1S/C84H55Br2N3/c85-66-36-21-38-68(53-66)87(83-75(58-28-11-3-12-29-58)49-64(56-24-7-1-8-25-56)50-76(83)59-30-13-4-14-31-59)70-46-63(62-44-45-81-79(48-62)74-42-23-41-73-72-40-19-20-43-80(72)89(81)82(73)74)47-71(55-70)88(69-39-22-37-67(86)54-69)84-77(60-32-15-5-16-33-60)51-65(57-26-9-2-10-27-57)52-78(84)61-34-17-6-18-35-61/h1-55H. The molecule has 0 N–H and O–H groups in total. The van der Waals surface area contributed by atoms with Gasteiger partial charge in [0.1, 0.15) is 0 Å². The van der Waals surface area contributed by atoms with E-state index in [1.165, 1.54) is 38.1 Å². The largest absolute Gasteiger partial charge is 0.309 e. The summed E-state index contributed by atoms with van der Waals surface area (Å²) in [6, 6.07) is 122. The summed E-state index contributed by atoms with van der Waals surface area (Å²) in [5.41, 5.74) is 25.2. The highest BCUT2D eigenvalue weighted by atomic mass is 79.9. The van der Waals surface area contributed by atoms with Crippen LogP contribution < -0.4 is 9.80 Å². The van der Waals surface area contributed by atoms with E-state index in [0.717, 1.165) is 121 Å². The normalized spacial score (nSPS) is 11.5. The summed E-state index contributed by atoms with van der Waals surface area (Å²) in [6.07, 6.45) is 0. The predicted molar refractivity (Wildman–Crippen MR) is 384 cm³/mol. The predicted octanol–water partition coefficient (Wildman–Crippen LogP) is 25.0. The minimum atomic E-state index is 0.971. The van der Waals surface area contributed by atoms with Gasteiger partial charge < -0.3 is 14.2 Å². The lowest BCUT2D eigenvalue weighted by atomic mass is 9.89. The maximum Gasteiger partial charge on any atom is 0.0620 e. The SMILES string of the molecule is Brc1cccc(N(c2cc(-c3ccc4c(c3)c3cccc5c6ccccc6n4c53)cc(N(c3cccc(Br)c3)c3c(-c4ccccc4)cc(-c4ccccc4)cc3-c3ccccc3)c2)c2c(-c3ccccc3)cc(-c3ccccc3)cc2-c2ccccc2)c1. The Balaban J connectivity index is 1.06. The Bertz CT molecular complexity index is 4900. The van der Waals surface area contributed by atoms with Gasteiger partial charge in [0.2, 0.25) is 0 Å². The molecule has 89 heavy (non-hydrogen) atoms. The molecule has 0 aliphatic carbocycles. The molecular formula is C84H55Br2N3. The van der Waals surface area contributed by atoms with Crippen LogP contribution in [0.5, 0.6) is 0 Å². The van der Waals surface area contributed by atoms with Crippen molar-refractivity contribution in [2.75, 3.05) is 9.80 Å². The summed E-state index contributed by atoms with van der Waals surface area (Å²) in [4.78, 5) is 5.02. The molecule has 0 spiro atoms.